The van der Waals surface area contributed by atoms with E-state index in [0.29, 0.717) is 9.99 Å². The number of aryl methyl sites for hydroxylation is 2. The van der Waals surface area contributed by atoms with Crippen molar-refractivity contribution in [3.63, 3.8) is 0 Å². The Kier molecular flexibility index (Phi) is 4.16. The molecule has 94 valence electrons. The van der Waals surface area contributed by atoms with Crippen LogP contribution in [-0.4, -0.2) is 9.97 Å². The van der Waals surface area contributed by atoms with Gasteiger partial charge in [-0.15, -0.1) is 0 Å². The van der Waals surface area contributed by atoms with E-state index in [1.165, 1.54) is 11.1 Å². The molecule has 0 spiro atoms. The molecule has 18 heavy (non-hydrogen) atoms. The molecular formula is C14H15IN2O. The maximum Gasteiger partial charge on any atom is 0.264 e. The molecule has 0 atom stereocenters. The molecule has 0 aliphatic carbocycles. The number of hydrogen-bond donors (Lipinski definition) is 1. The van der Waals surface area contributed by atoms with Crippen molar-refractivity contribution >= 4 is 22.6 Å². The molecule has 0 amide bonds. The Labute approximate surface area is 120 Å². The molecule has 0 bridgehead atoms. The molecule has 0 radical (unpaired) electrons. The second kappa shape index (κ2) is 5.65. The van der Waals surface area contributed by atoms with Gasteiger partial charge in [-0.05, 0) is 47.1 Å². The van der Waals surface area contributed by atoms with E-state index in [9.17, 15) is 4.79 Å². The summed E-state index contributed by atoms with van der Waals surface area (Å²) in [6.45, 7) is 4.09. The van der Waals surface area contributed by atoms with Crippen LogP contribution in [0.3, 0.4) is 0 Å². The van der Waals surface area contributed by atoms with Gasteiger partial charge in [-0.2, -0.15) is 0 Å². The zero-order valence-electron chi connectivity index (χ0n) is 10.5. The fraction of sp³-hybridized carbons (Fsp3) is 0.286. The summed E-state index contributed by atoms with van der Waals surface area (Å²) >= 11 is 2.05. The zero-order valence-corrected chi connectivity index (χ0v) is 12.6. The molecule has 3 nitrogen and oxygen atoms in total. The summed E-state index contributed by atoms with van der Waals surface area (Å²) in [5, 5.41) is 0. The van der Waals surface area contributed by atoms with E-state index in [-0.39, 0.29) is 5.56 Å². The molecule has 2 rings (SSSR count). The van der Waals surface area contributed by atoms with Gasteiger partial charge in [0.1, 0.15) is 5.82 Å². The lowest BCUT2D eigenvalue weighted by Gasteiger charge is -2.07. The quantitative estimate of drug-likeness (QED) is 0.862. The average molecular weight is 354 g/mol. The Morgan fingerprint density at radius 2 is 2.06 bits per heavy atom. The third-order valence-electron chi connectivity index (χ3n) is 2.93. The van der Waals surface area contributed by atoms with E-state index < -0.39 is 0 Å². The van der Waals surface area contributed by atoms with Crippen LogP contribution in [-0.2, 0) is 12.8 Å². The minimum Gasteiger partial charge on any atom is -0.309 e. The lowest BCUT2D eigenvalue weighted by molar-refractivity contribution is 0.873. The van der Waals surface area contributed by atoms with E-state index in [2.05, 4.69) is 51.6 Å². The number of nitrogens with zero attached hydrogens (tertiary/aromatic N) is 1. The average Bonchev–Trinajstić information content (AvgIpc) is 2.36. The highest BCUT2D eigenvalue weighted by Crippen LogP contribution is 2.12. The smallest absolute Gasteiger partial charge is 0.264 e. The van der Waals surface area contributed by atoms with Gasteiger partial charge in [0.2, 0.25) is 0 Å². The van der Waals surface area contributed by atoms with E-state index in [1.54, 1.807) is 0 Å². The highest BCUT2D eigenvalue weighted by molar-refractivity contribution is 14.1. The molecule has 1 aromatic carbocycles. The monoisotopic (exact) mass is 354 g/mol. The minimum absolute atomic E-state index is 0.0361. The van der Waals surface area contributed by atoms with Crippen molar-refractivity contribution < 1.29 is 0 Å². The molecule has 0 saturated carbocycles. The van der Waals surface area contributed by atoms with Crippen molar-refractivity contribution in [3.05, 3.63) is 60.8 Å². The van der Waals surface area contributed by atoms with E-state index >= 15 is 0 Å². The van der Waals surface area contributed by atoms with Crippen LogP contribution < -0.4 is 5.56 Å². The SMILES string of the molecule is CCc1nc(Cc2ccccc2C)[nH]c(=O)c1I. The number of rotatable bonds is 3. The first-order chi connectivity index (χ1) is 8.61. The van der Waals surface area contributed by atoms with Crippen LogP contribution in [0, 0.1) is 10.5 Å². The number of hydrogen-bond acceptors (Lipinski definition) is 2. The van der Waals surface area contributed by atoms with Crippen molar-refractivity contribution in [1.82, 2.24) is 9.97 Å². The second-order valence-corrected chi connectivity index (χ2v) is 5.31. The third-order valence-corrected chi connectivity index (χ3v) is 4.05. The molecule has 1 aromatic heterocycles. The summed E-state index contributed by atoms with van der Waals surface area (Å²) in [5.41, 5.74) is 3.26. The number of H-pyrrole nitrogens is 1. The number of benzene rings is 1. The predicted octanol–water partition coefficient (Wildman–Crippen LogP) is 2.84. The molecule has 1 heterocycles. The third kappa shape index (κ3) is 2.80. The van der Waals surface area contributed by atoms with Crippen molar-refractivity contribution in [2.45, 2.75) is 26.7 Å². The van der Waals surface area contributed by atoms with E-state index in [4.69, 9.17) is 0 Å². The van der Waals surface area contributed by atoms with Gasteiger partial charge in [0.05, 0.1) is 9.26 Å². The van der Waals surface area contributed by atoms with Gasteiger partial charge in [0.15, 0.2) is 0 Å². The van der Waals surface area contributed by atoms with Gasteiger partial charge in [-0.25, -0.2) is 4.98 Å². The first kappa shape index (κ1) is 13.3. The summed E-state index contributed by atoms with van der Waals surface area (Å²) in [6, 6.07) is 8.16. The van der Waals surface area contributed by atoms with Gasteiger partial charge < -0.3 is 4.98 Å². The van der Waals surface area contributed by atoms with Gasteiger partial charge in [0, 0.05) is 6.42 Å². The van der Waals surface area contributed by atoms with Crippen LogP contribution in [0.5, 0.6) is 0 Å². The molecular weight excluding hydrogens is 339 g/mol. The predicted molar refractivity (Wildman–Crippen MR) is 80.9 cm³/mol. The van der Waals surface area contributed by atoms with Crippen LogP contribution in [0.4, 0.5) is 0 Å². The molecule has 0 fully saturated rings. The molecule has 0 aliphatic heterocycles. The van der Waals surface area contributed by atoms with Crippen molar-refractivity contribution in [2.75, 3.05) is 0 Å². The second-order valence-electron chi connectivity index (χ2n) is 4.23. The molecule has 0 saturated heterocycles. The molecule has 0 aliphatic rings. The molecule has 1 N–H and O–H groups in total. The maximum absolute atomic E-state index is 11.8. The summed E-state index contributed by atoms with van der Waals surface area (Å²) < 4.78 is 0.698. The minimum atomic E-state index is -0.0361. The van der Waals surface area contributed by atoms with Crippen molar-refractivity contribution in [1.29, 1.82) is 0 Å². The maximum atomic E-state index is 11.8. The Morgan fingerprint density at radius 3 is 2.72 bits per heavy atom. The van der Waals surface area contributed by atoms with Gasteiger partial charge >= 0.3 is 0 Å². The van der Waals surface area contributed by atoms with E-state index in [0.717, 1.165) is 17.9 Å². The van der Waals surface area contributed by atoms with Crippen molar-refractivity contribution in [2.24, 2.45) is 0 Å². The number of nitrogens with one attached hydrogen (secondary N) is 1. The summed E-state index contributed by atoms with van der Waals surface area (Å²) in [4.78, 5) is 19.2. The Morgan fingerprint density at radius 1 is 1.33 bits per heavy atom. The van der Waals surface area contributed by atoms with Gasteiger partial charge in [-0.1, -0.05) is 31.2 Å². The fourth-order valence-corrected chi connectivity index (χ4v) is 2.50. The Bertz CT molecular complexity index is 619. The normalized spacial score (nSPS) is 10.6. The summed E-state index contributed by atoms with van der Waals surface area (Å²) in [6.07, 6.45) is 1.45. The summed E-state index contributed by atoms with van der Waals surface area (Å²) in [7, 11) is 0. The first-order valence-electron chi connectivity index (χ1n) is 5.94. The van der Waals surface area contributed by atoms with E-state index in [1.807, 2.05) is 19.1 Å². The lowest BCUT2D eigenvalue weighted by Crippen LogP contribution is -2.18. The molecule has 4 heteroatoms. The fourth-order valence-electron chi connectivity index (χ4n) is 1.86. The molecule has 2 aromatic rings. The number of aromatic nitrogens is 2. The topological polar surface area (TPSA) is 45.8 Å². The van der Waals surface area contributed by atoms with Gasteiger partial charge in [0.25, 0.3) is 5.56 Å². The van der Waals surface area contributed by atoms with Crippen LogP contribution >= 0.6 is 22.6 Å². The molecule has 0 unspecified atom stereocenters. The van der Waals surface area contributed by atoms with Gasteiger partial charge in [-0.3, -0.25) is 4.79 Å². The van der Waals surface area contributed by atoms with Crippen LogP contribution in [0.15, 0.2) is 29.1 Å². The Balaban J connectivity index is 2.39. The number of halogens is 1. The largest absolute Gasteiger partial charge is 0.309 e. The highest BCUT2D eigenvalue weighted by Gasteiger charge is 2.08. The van der Waals surface area contributed by atoms with Crippen molar-refractivity contribution in [3.8, 4) is 0 Å². The summed E-state index contributed by atoms with van der Waals surface area (Å²) in [5.74, 6) is 0.742. The number of aromatic amines is 1. The highest BCUT2D eigenvalue weighted by atomic mass is 127. The standard InChI is InChI=1S/C14H15IN2O/c1-3-11-13(15)14(18)17-12(16-11)8-10-7-5-4-6-9(10)2/h4-7H,3,8H2,1-2H3,(H,16,17,18). The van der Waals surface area contributed by atoms with Crippen LogP contribution in [0.25, 0.3) is 0 Å². The van der Waals surface area contributed by atoms with Crippen LogP contribution in [0.2, 0.25) is 0 Å². The Hall–Kier alpha value is -1.17. The zero-order chi connectivity index (χ0) is 13.1. The lowest BCUT2D eigenvalue weighted by atomic mass is 10.1. The first-order valence-corrected chi connectivity index (χ1v) is 7.01. The van der Waals surface area contributed by atoms with Crippen LogP contribution in [0.1, 0.15) is 29.6 Å².